The summed E-state index contributed by atoms with van der Waals surface area (Å²) in [6.07, 6.45) is 0. The van der Waals surface area contributed by atoms with Gasteiger partial charge in [0.2, 0.25) is 0 Å². The second-order valence-corrected chi connectivity index (χ2v) is 6.17. The van der Waals surface area contributed by atoms with Gasteiger partial charge in [0, 0.05) is 37.9 Å². The van der Waals surface area contributed by atoms with E-state index in [1.54, 1.807) is 7.11 Å². The van der Waals surface area contributed by atoms with Gasteiger partial charge in [-0.15, -0.1) is 0 Å². The largest absolute Gasteiger partial charge is 0.497 e. The Hall–Kier alpha value is -3.33. The molecule has 1 fully saturated rings. The summed E-state index contributed by atoms with van der Waals surface area (Å²) < 4.78 is 5.32. The molecule has 0 radical (unpaired) electrons. The van der Waals surface area contributed by atoms with Crippen LogP contribution in [0.4, 0.5) is 11.5 Å². The first-order chi connectivity index (χ1) is 12.8. The van der Waals surface area contributed by atoms with Gasteiger partial charge in [-0.05, 0) is 24.3 Å². The minimum atomic E-state index is 0.388. The number of ether oxygens (including phenoxy) is 1. The predicted octanol–water partition coefficient (Wildman–Crippen LogP) is 2.84. The van der Waals surface area contributed by atoms with Crippen LogP contribution in [0.1, 0.15) is 5.69 Å². The third-order valence-corrected chi connectivity index (χ3v) is 4.66. The number of benzene rings is 2. The second kappa shape index (κ2) is 6.89. The number of hydrogen-bond donors (Lipinski definition) is 0. The van der Waals surface area contributed by atoms with Crippen LogP contribution in [-0.4, -0.2) is 43.3 Å². The van der Waals surface area contributed by atoms with Crippen LogP contribution < -0.4 is 14.5 Å². The molecule has 0 spiro atoms. The van der Waals surface area contributed by atoms with E-state index in [0.29, 0.717) is 11.5 Å². The van der Waals surface area contributed by atoms with Gasteiger partial charge in [0.1, 0.15) is 11.8 Å². The lowest BCUT2D eigenvalue weighted by Crippen LogP contribution is -2.47. The van der Waals surface area contributed by atoms with Gasteiger partial charge in [-0.1, -0.05) is 18.2 Å². The average molecular weight is 345 g/mol. The Labute approximate surface area is 152 Å². The van der Waals surface area contributed by atoms with Crippen molar-refractivity contribution < 1.29 is 4.74 Å². The molecule has 6 nitrogen and oxygen atoms in total. The van der Waals surface area contributed by atoms with E-state index < -0.39 is 0 Å². The van der Waals surface area contributed by atoms with Crippen LogP contribution in [0, 0.1) is 11.3 Å². The maximum absolute atomic E-state index is 9.49. The fourth-order valence-electron chi connectivity index (χ4n) is 3.27. The van der Waals surface area contributed by atoms with Crippen LogP contribution >= 0.6 is 0 Å². The molecule has 1 aliphatic heterocycles. The Kier molecular flexibility index (Phi) is 4.28. The molecule has 0 bridgehead atoms. The van der Waals surface area contributed by atoms with Crippen LogP contribution in [0.3, 0.4) is 0 Å². The standard InChI is InChI=1S/C20H19N5O/c1-26-16-6-4-5-15(13-16)24-9-11-25(12-10-24)20-19(14-21)22-17-7-2-3-8-18(17)23-20/h2-8,13H,9-12H2,1H3. The van der Waals surface area contributed by atoms with Crippen molar-refractivity contribution in [2.24, 2.45) is 0 Å². The molecular weight excluding hydrogens is 326 g/mol. The molecule has 0 atom stereocenters. The lowest BCUT2D eigenvalue weighted by Gasteiger charge is -2.37. The molecule has 0 saturated carbocycles. The zero-order chi connectivity index (χ0) is 17.9. The number of methoxy groups -OCH3 is 1. The van der Waals surface area contributed by atoms with Crippen molar-refractivity contribution in [2.45, 2.75) is 0 Å². The highest BCUT2D eigenvalue weighted by atomic mass is 16.5. The number of rotatable bonds is 3. The smallest absolute Gasteiger partial charge is 0.183 e. The lowest BCUT2D eigenvalue weighted by atomic mass is 10.2. The van der Waals surface area contributed by atoms with Crippen molar-refractivity contribution in [1.82, 2.24) is 9.97 Å². The number of para-hydroxylation sites is 2. The van der Waals surface area contributed by atoms with E-state index in [-0.39, 0.29) is 0 Å². The van der Waals surface area contributed by atoms with Crippen LogP contribution in [0.2, 0.25) is 0 Å². The highest BCUT2D eigenvalue weighted by Gasteiger charge is 2.22. The predicted molar refractivity (Wildman–Crippen MR) is 102 cm³/mol. The Morgan fingerprint density at radius 3 is 2.31 bits per heavy atom. The Morgan fingerprint density at radius 2 is 1.62 bits per heavy atom. The molecule has 2 aromatic carbocycles. The maximum atomic E-state index is 9.49. The van der Waals surface area contributed by atoms with Gasteiger partial charge in [0.25, 0.3) is 0 Å². The van der Waals surface area contributed by atoms with Gasteiger partial charge < -0.3 is 14.5 Å². The highest BCUT2D eigenvalue weighted by molar-refractivity contribution is 5.77. The number of fused-ring (bicyclic) bond motifs is 1. The molecule has 26 heavy (non-hydrogen) atoms. The number of nitriles is 1. The van der Waals surface area contributed by atoms with Crippen molar-refractivity contribution in [3.05, 3.63) is 54.2 Å². The van der Waals surface area contributed by atoms with E-state index in [1.165, 1.54) is 0 Å². The quantitative estimate of drug-likeness (QED) is 0.727. The zero-order valence-electron chi connectivity index (χ0n) is 14.6. The van der Waals surface area contributed by atoms with Crippen molar-refractivity contribution in [1.29, 1.82) is 5.26 Å². The minimum absolute atomic E-state index is 0.388. The molecule has 1 aromatic heterocycles. The first-order valence-electron chi connectivity index (χ1n) is 8.59. The van der Waals surface area contributed by atoms with Crippen LogP contribution in [0.25, 0.3) is 11.0 Å². The Bertz CT molecular complexity index is 973. The van der Waals surface area contributed by atoms with E-state index in [0.717, 1.165) is 48.6 Å². The maximum Gasteiger partial charge on any atom is 0.183 e. The van der Waals surface area contributed by atoms with Crippen LogP contribution in [-0.2, 0) is 0 Å². The van der Waals surface area contributed by atoms with E-state index in [9.17, 15) is 5.26 Å². The van der Waals surface area contributed by atoms with Gasteiger partial charge >= 0.3 is 0 Å². The summed E-state index contributed by atoms with van der Waals surface area (Å²) in [5, 5.41) is 9.49. The summed E-state index contributed by atoms with van der Waals surface area (Å²) in [6.45, 7) is 3.29. The molecule has 0 aliphatic carbocycles. The fraction of sp³-hybridized carbons (Fsp3) is 0.250. The molecular formula is C20H19N5O. The molecule has 0 amide bonds. The average Bonchev–Trinajstić information content (AvgIpc) is 2.73. The van der Waals surface area contributed by atoms with Gasteiger partial charge in [0.05, 0.1) is 18.1 Å². The normalized spacial score (nSPS) is 14.3. The number of hydrogen-bond acceptors (Lipinski definition) is 6. The Morgan fingerprint density at radius 1 is 0.923 bits per heavy atom. The summed E-state index contributed by atoms with van der Waals surface area (Å²) in [5.41, 5.74) is 3.10. The van der Waals surface area contributed by atoms with Gasteiger partial charge in [-0.3, -0.25) is 0 Å². The zero-order valence-corrected chi connectivity index (χ0v) is 14.6. The van der Waals surface area contributed by atoms with Crippen molar-refractivity contribution in [2.75, 3.05) is 43.1 Å². The molecule has 130 valence electrons. The third kappa shape index (κ3) is 3.00. The molecule has 1 aliphatic rings. The van der Waals surface area contributed by atoms with Crippen molar-refractivity contribution >= 4 is 22.5 Å². The number of piperazine rings is 1. The molecule has 6 heteroatoms. The van der Waals surface area contributed by atoms with Gasteiger partial charge in [-0.2, -0.15) is 5.26 Å². The van der Waals surface area contributed by atoms with Crippen molar-refractivity contribution in [3.8, 4) is 11.8 Å². The van der Waals surface area contributed by atoms with Crippen molar-refractivity contribution in [3.63, 3.8) is 0 Å². The second-order valence-electron chi connectivity index (χ2n) is 6.17. The van der Waals surface area contributed by atoms with E-state index in [4.69, 9.17) is 9.72 Å². The molecule has 2 heterocycles. The van der Waals surface area contributed by atoms with E-state index in [2.05, 4.69) is 26.9 Å². The molecule has 0 unspecified atom stereocenters. The summed E-state index contributed by atoms with van der Waals surface area (Å²) >= 11 is 0. The Balaban J connectivity index is 1.56. The topological polar surface area (TPSA) is 65.3 Å². The van der Waals surface area contributed by atoms with Gasteiger partial charge in [0.15, 0.2) is 11.5 Å². The van der Waals surface area contributed by atoms with Crippen LogP contribution in [0.5, 0.6) is 5.75 Å². The summed E-state index contributed by atoms with van der Waals surface area (Å²) in [4.78, 5) is 13.6. The minimum Gasteiger partial charge on any atom is -0.497 e. The molecule has 0 N–H and O–H groups in total. The number of nitrogens with zero attached hydrogens (tertiary/aromatic N) is 5. The van der Waals surface area contributed by atoms with Gasteiger partial charge in [-0.25, -0.2) is 9.97 Å². The van der Waals surface area contributed by atoms with E-state index >= 15 is 0 Å². The lowest BCUT2D eigenvalue weighted by molar-refractivity contribution is 0.414. The molecule has 1 saturated heterocycles. The van der Waals surface area contributed by atoms with Crippen LogP contribution in [0.15, 0.2) is 48.5 Å². The SMILES string of the molecule is COc1cccc(N2CCN(c3nc4ccccc4nc3C#N)CC2)c1. The van der Waals surface area contributed by atoms with E-state index in [1.807, 2.05) is 42.5 Å². The highest BCUT2D eigenvalue weighted by Crippen LogP contribution is 2.25. The first-order valence-corrected chi connectivity index (χ1v) is 8.59. The number of anilines is 2. The third-order valence-electron chi connectivity index (χ3n) is 4.66. The fourth-order valence-corrected chi connectivity index (χ4v) is 3.27. The first kappa shape index (κ1) is 16.2. The summed E-state index contributed by atoms with van der Waals surface area (Å²) in [5.74, 6) is 1.54. The summed E-state index contributed by atoms with van der Waals surface area (Å²) in [6, 6.07) is 17.9. The molecule has 3 aromatic rings. The molecule has 4 rings (SSSR count). The summed E-state index contributed by atoms with van der Waals surface area (Å²) in [7, 11) is 1.68. The number of aromatic nitrogens is 2. The monoisotopic (exact) mass is 345 g/mol.